The van der Waals surface area contributed by atoms with Crippen molar-refractivity contribution in [3.05, 3.63) is 0 Å². The highest BCUT2D eigenvalue weighted by Crippen LogP contribution is 2.22. The summed E-state index contributed by atoms with van der Waals surface area (Å²) >= 11 is 0. The average molecular weight is 225 g/mol. The summed E-state index contributed by atoms with van der Waals surface area (Å²) in [6.45, 7) is 0. The first-order valence-corrected chi connectivity index (χ1v) is 2.63. The van der Waals surface area contributed by atoms with Crippen molar-refractivity contribution >= 4 is 11.7 Å². The number of hydrogen-bond donors (Lipinski definition) is 1. The minimum Gasteiger partial charge on any atom is -0.409 e. The van der Waals surface area contributed by atoms with Gasteiger partial charge in [0.15, 0.2) is 0 Å². The lowest BCUT2D eigenvalue weighted by molar-refractivity contribution is -0.208. The van der Waals surface area contributed by atoms with Gasteiger partial charge in [-0.15, -0.1) is 0 Å². The minimum absolute atomic E-state index is 1.32. The number of amides is 1. The van der Waals surface area contributed by atoms with Crippen LogP contribution in [-0.4, -0.2) is 33.6 Å². The number of halogens is 6. The highest BCUT2D eigenvalue weighted by molar-refractivity contribution is 6.07. The predicted molar refractivity (Wildman–Crippen MR) is 27.3 cm³/mol. The van der Waals surface area contributed by atoms with E-state index in [0.29, 0.717) is 0 Å². The van der Waals surface area contributed by atoms with Crippen LogP contribution >= 0.6 is 0 Å². The number of carbonyl (C=O) groups is 1. The molecule has 0 aliphatic heterocycles. The molecule has 0 saturated heterocycles. The lowest BCUT2D eigenvalue weighted by Gasteiger charge is -2.14. The molecule has 0 radical (unpaired) electrons. The van der Waals surface area contributed by atoms with Crippen LogP contribution in [0.15, 0.2) is 5.16 Å². The van der Waals surface area contributed by atoms with Crippen LogP contribution in [0, 0.1) is 0 Å². The van der Waals surface area contributed by atoms with Crippen LogP contribution in [-0.2, 0) is 4.79 Å². The maximum Gasteiger partial charge on any atom is 0.394 e. The first-order valence-electron chi connectivity index (χ1n) is 2.63. The molecule has 0 aliphatic rings. The normalized spacial score (nSPS) is 12.6. The summed E-state index contributed by atoms with van der Waals surface area (Å²) in [4.78, 5) is 9.94. The number of amidine groups is 1. The highest BCUT2D eigenvalue weighted by Gasteiger charge is 2.53. The molecular formula is C3HF6N3O2. The molecule has 0 atom stereocenters. The molecule has 0 bridgehead atoms. The Balaban J connectivity index is 5.03. The Morgan fingerprint density at radius 2 is 1.57 bits per heavy atom. The van der Waals surface area contributed by atoms with Crippen molar-refractivity contribution in [3.8, 4) is 0 Å². The minimum atomic E-state index is -5.32. The molecule has 0 unspecified atom stereocenters. The van der Waals surface area contributed by atoms with Crippen LogP contribution in [0.1, 0.15) is 0 Å². The SMILES string of the molecule is O=C(N(F)F)C(F)(F)C(=NO)N(F)F. The first-order chi connectivity index (χ1) is 6.25. The van der Waals surface area contributed by atoms with Crippen molar-refractivity contribution in [2.45, 2.75) is 5.92 Å². The number of alkyl halides is 2. The lowest BCUT2D eigenvalue weighted by Crippen LogP contribution is -2.46. The fourth-order valence-electron chi connectivity index (χ4n) is 0.405. The van der Waals surface area contributed by atoms with Crippen molar-refractivity contribution in [1.82, 2.24) is 10.7 Å². The molecule has 0 aromatic carbocycles. The molecule has 0 spiro atoms. The second-order valence-electron chi connectivity index (χ2n) is 1.77. The van der Waals surface area contributed by atoms with Crippen molar-refractivity contribution in [2.75, 3.05) is 0 Å². The summed E-state index contributed by atoms with van der Waals surface area (Å²) in [6, 6.07) is 0. The third-order valence-electron chi connectivity index (χ3n) is 0.958. The molecule has 5 nitrogen and oxygen atoms in total. The van der Waals surface area contributed by atoms with E-state index < -0.39 is 28.4 Å². The first kappa shape index (κ1) is 12.3. The van der Waals surface area contributed by atoms with Crippen LogP contribution in [0.4, 0.5) is 26.7 Å². The zero-order valence-electron chi connectivity index (χ0n) is 5.96. The summed E-state index contributed by atoms with van der Waals surface area (Å²) in [6.07, 6.45) is 0. The Morgan fingerprint density at radius 1 is 1.14 bits per heavy atom. The van der Waals surface area contributed by atoms with Gasteiger partial charge in [-0.05, 0) is 5.34 Å². The second-order valence-corrected chi connectivity index (χ2v) is 1.77. The average Bonchev–Trinajstić information content (AvgIpc) is 2.02. The molecule has 0 heterocycles. The molecular weight excluding hydrogens is 224 g/mol. The van der Waals surface area contributed by atoms with Gasteiger partial charge in [0.25, 0.3) is 5.84 Å². The Labute approximate surface area is 71.5 Å². The van der Waals surface area contributed by atoms with Gasteiger partial charge in [-0.25, -0.2) is 0 Å². The van der Waals surface area contributed by atoms with Crippen LogP contribution in [0.3, 0.4) is 0 Å². The monoisotopic (exact) mass is 225 g/mol. The number of hydrogen-bond acceptors (Lipinski definition) is 3. The molecule has 82 valence electrons. The topological polar surface area (TPSA) is 56.1 Å². The van der Waals surface area contributed by atoms with Crippen LogP contribution in [0.5, 0.6) is 0 Å². The number of oxime groups is 1. The maximum absolute atomic E-state index is 12.3. The third-order valence-corrected chi connectivity index (χ3v) is 0.958. The van der Waals surface area contributed by atoms with Gasteiger partial charge in [-0.3, -0.25) is 4.79 Å². The van der Waals surface area contributed by atoms with E-state index in [-0.39, 0.29) is 0 Å². The van der Waals surface area contributed by atoms with E-state index in [1.807, 2.05) is 0 Å². The standard InChI is InChI=1S/C3HF6N3O2/c4-3(5,2(13)12(8)9)1(10-14)11(6)7/h14H. The van der Waals surface area contributed by atoms with Crippen LogP contribution < -0.4 is 0 Å². The molecule has 0 fully saturated rings. The zero-order valence-corrected chi connectivity index (χ0v) is 5.96. The molecule has 0 aromatic rings. The van der Waals surface area contributed by atoms with E-state index in [9.17, 15) is 31.5 Å². The van der Waals surface area contributed by atoms with Gasteiger partial charge in [-0.2, -0.15) is 8.78 Å². The van der Waals surface area contributed by atoms with Gasteiger partial charge in [0, 0.05) is 5.34 Å². The van der Waals surface area contributed by atoms with Gasteiger partial charge in [-0.1, -0.05) is 23.1 Å². The molecule has 14 heavy (non-hydrogen) atoms. The summed E-state index contributed by atoms with van der Waals surface area (Å²) in [5.41, 5.74) is 0. The molecule has 0 aromatic heterocycles. The zero-order chi connectivity index (χ0) is 11.5. The van der Waals surface area contributed by atoms with Crippen LogP contribution in [0.2, 0.25) is 0 Å². The largest absolute Gasteiger partial charge is 0.409 e. The van der Waals surface area contributed by atoms with Gasteiger partial charge in [0.1, 0.15) is 0 Å². The Kier molecular flexibility index (Phi) is 3.54. The smallest absolute Gasteiger partial charge is 0.394 e. The van der Waals surface area contributed by atoms with E-state index in [0.717, 1.165) is 0 Å². The Morgan fingerprint density at radius 3 is 1.79 bits per heavy atom. The highest BCUT2D eigenvalue weighted by atomic mass is 19.4. The molecule has 11 heteroatoms. The summed E-state index contributed by atoms with van der Waals surface area (Å²) in [5, 5.41) is 3.90. The number of rotatable bonds is 2. The molecule has 1 amide bonds. The van der Waals surface area contributed by atoms with E-state index in [2.05, 4.69) is 0 Å². The van der Waals surface area contributed by atoms with Gasteiger partial charge >= 0.3 is 11.8 Å². The van der Waals surface area contributed by atoms with Crippen molar-refractivity contribution in [3.63, 3.8) is 0 Å². The Hall–Kier alpha value is -1.68. The van der Waals surface area contributed by atoms with E-state index in [1.165, 1.54) is 5.16 Å². The summed E-state index contributed by atoms with van der Waals surface area (Å²) in [5.74, 6) is -11.4. The van der Waals surface area contributed by atoms with E-state index >= 15 is 0 Å². The Bertz CT molecular complexity index is 253. The lowest BCUT2D eigenvalue weighted by atomic mass is 10.3. The van der Waals surface area contributed by atoms with Crippen molar-refractivity contribution < 1.29 is 36.7 Å². The van der Waals surface area contributed by atoms with Crippen LogP contribution in [0.25, 0.3) is 0 Å². The summed E-state index contributed by atoms with van der Waals surface area (Å²) in [7, 11) is 0. The quantitative estimate of drug-likeness (QED) is 0.191. The molecule has 0 rings (SSSR count). The van der Waals surface area contributed by atoms with Gasteiger partial charge < -0.3 is 5.21 Å². The predicted octanol–water partition coefficient (Wildman–Crippen LogP) is 1.08. The molecule has 0 aliphatic carbocycles. The summed E-state index contributed by atoms with van der Waals surface area (Å²) < 4.78 is 70.1. The van der Waals surface area contributed by atoms with E-state index in [1.54, 1.807) is 0 Å². The van der Waals surface area contributed by atoms with Crippen molar-refractivity contribution in [1.29, 1.82) is 0 Å². The third kappa shape index (κ3) is 2.17. The van der Waals surface area contributed by atoms with E-state index in [4.69, 9.17) is 5.21 Å². The number of carbonyl (C=O) groups excluding carboxylic acids is 1. The second kappa shape index (κ2) is 4.02. The maximum atomic E-state index is 12.3. The number of nitrogens with zero attached hydrogens (tertiary/aromatic N) is 3. The van der Waals surface area contributed by atoms with Gasteiger partial charge in [0.2, 0.25) is 0 Å². The fraction of sp³-hybridized carbons (Fsp3) is 0.333. The van der Waals surface area contributed by atoms with Gasteiger partial charge in [0.05, 0.1) is 0 Å². The molecule has 0 saturated carbocycles. The molecule has 1 N–H and O–H groups in total. The van der Waals surface area contributed by atoms with Crippen molar-refractivity contribution in [2.24, 2.45) is 5.16 Å². The fourth-order valence-corrected chi connectivity index (χ4v) is 0.405.